The fourth-order valence-electron chi connectivity index (χ4n) is 6.68. The van der Waals surface area contributed by atoms with Crippen LogP contribution in [-0.4, -0.2) is 68.2 Å². The zero-order valence-electron chi connectivity index (χ0n) is 37.9. The van der Waals surface area contributed by atoms with Crippen molar-refractivity contribution in [2.75, 3.05) is 19.8 Å². The van der Waals surface area contributed by atoms with Crippen LogP contribution in [0.25, 0.3) is 11.1 Å². The van der Waals surface area contributed by atoms with Gasteiger partial charge in [0.15, 0.2) is 0 Å². The topological polar surface area (TPSA) is 213 Å². The maximum atomic E-state index is 11.9. The molecule has 0 aliphatic heterocycles. The fourth-order valence-corrected chi connectivity index (χ4v) is 7.16. The van der Waals surface area contributed by atoms with Crippen LogP contribution in [0, 0.1) is 25.2 Å². The highest BCUT2D eigenvalue weighted by atomic mass is 35.5. The number of rotatable bonds is 24. The second-order valence-electron chi connectivity index (χ2n) is 16.2. The van der Waals surface area contributed by atoms with Crippen LogP contribution < -0.4 is 29.6 Å². The molecule has 4 aromatic carbocycles. The molecule has 0 saturated heterocycles. The number of nitriles is 1. The van der Waals surface area contributed by atoms with E-state index in [1.165, 1.54) is 20.0 Å². The molecule has 6 N–H and O–H groups in total. The lowest BCUT2D eigenvalue weighted by atomic mass is 9.92. The van der Waals surface area contributed by atoms with Crippen LogP contribution in [0.4, 0.5) is 0 Å². The van der Waals surface area contributed by atoms with Crippen molar-refractivity contribution in [3.05, 3.63) is 158 Å². The number of hydrogen-bond donors (Lipinski definition) is 6. The zero-order valence-corrected chi connectivity index (χ0v) is 39.4. The highest BCUT2D eigenvalue weighted by molar-refractivity contribution is 6.32. The van der Waals surface area contributed by atoms with E-state index in [1.807, 2.05) is 63.2 Å². The van der Waals surface area contributed by atoms with Crippen molar-refractivity contribution < 1.29 is 49.0 Å². The van der Waals surface area contributed by atoms with Crippen LogP contribution in [0.15, 0.2) is 103 Å². The molecule has 0 aliphatic carbocycles. The molecular formula is C51H54Cl2N4O10. The van der Waals surface area contributed by atoms with E-state index in [0.717, 1.165) is 39.0 Å². The summed E-state index contributed by atoms with van der Waals surface area (Å²) >= 11 is 13.5. The second-order valence-corrected chi connectivity index (χ2v) is 17.0. The average molecular weight is 954 g/mol. The van der Waals surface area contributed by atoms with Crippen molar-refractivity contribution in [2.24, 2.45) is 0 Å². The number of aliphatic hydroxyl groups is 2. The summed E-state index contributed by atoms with van der Waals surface area (Å²) in [4.78, 5) is 27.9. The van der Waals surface area contributed by atoms with Gasteiger partial charge in [0.05, 0.1) is 28.8 Å². The van der Waals surface area contributed by atoms with Crippen molar-refractivity contribution in [1.29, 1.82) is 5.26 Å². The van der Waals surface area contributed by atoms with Gasteiger partial charge in [0.2, 0.25) is 0 Å². The Bertz CT molecular complexity index is 2690. The molecule has 5 aromatic rings. The van der Waals surface area contributed by atoms with Crippen LogP contribution in [-0.2, 0) is 42.5 Å². The molecule has 14 nitrogen and oxygen atoms in total. The lowest BCUT2D eigenvalue weighted by molar-refractivity contribution is -0.146. The summed E-state index contributed by atoms with van der Waals surface area (Å²) in [5.41, 5.74) is 5.37. The molecule has 352 valence electrons. The summed E-state index contributed by atoms with van der Waals surface area (Å²) in [6.07, 6.45) is 6.57. The molecular weight excluding hydrogens is 899 g/mol. The van der Waals surface area contributed by atoms with E-state index < -0.39 is 36.2 Å². The second kappa shape index (κ2) is 23.3. The van der Waals surface area contributed by atoms with Crippen molar-refractivity contribution in [1.82, 2.24) is 15.6 Å². The molecule has 0 unspecified atom stereocenters. The van der Waals surface area contributed by atoms with Crippen molar-refractivity contribution in [3.8, 4) is 40.2 Å². The van der Waals surface area contributed by atoms with Gasteiger partial charge < -0.3 is 39.4 Å². The summed E-state index contributed by atoms with van der Waals surface area (Å²) in [6.45, 7) is 11.8. The van der Waals surface area contributed by atoms with E-state index in [2.05, 4.69) is 28.3 Å². The minimum Gasteiger partial charge on any atom is -0.488 e. The largest absolute Gasteiger partial charge is 0.488 e. The third kappa shape index (κ3) is 12.9. The van der Waals surface area contributed by atoms with Crippen LogP contribution in [0.1, 0.15) is 65.3 Å². The van der Waals surface area contributed by atoms with Gasteiger partial charge in [-0.25, -0.2) is 0 Å². The number of allylic oxidation sites excluding steroid dienone is 1. The number of ether oxygens (including phenoxy) is 4. The number of pyridine rings is 1. The lowest BCUT2D eigenvalue weighted by Crippen LogP contribution is -2.52. The summed E-state index contributed by atoms with van der Waals surface area (Å²) in [7, 11) is 0. The molecule has 0 spiro atoms. The number of aliphatic carboxylic acids is 2. The van der Waals surface area contributed by atoms with Gasteiger partial charge in [-0.15, -0.1) is 0 Å². The number of carbonyl (C=O) groups is 2. The number of carboxylic acid groups (broad SMARTS) is 2. The van der Waals surface area contributed by atoms with Gasteiger partial charge in [-0.05, 0) is 91.8 Å². The Labute approximate surface area is 400 Å². The monoisotopic (exact) mass is 952 g/mol. The number of aliphatic hydroxyl groups excluding tert-OH is 2. The lowest BCUT2D eigenvalue weighted by Gasteiger charge is -2.25. The number of hydrogen-bond acceptors (Lipinski definition) is 12. The Balaban J connectivity index is 1.37. The third-order valence-corrected chi connectivity index (χ3v) is 12.0. The van der Waals surface area contributed by atoms with Gasteiger partial charge in [-0.2, -0.15) is 5.26 Å². The van der Waals surface area contributed by atoms with E-state index in [9.17, 15) is 35.3 Å². The van der Waals surface area contributed by atoms with Crippen molar-refractivity contribution in [3.63, 3.8) is 0 Å². The molecule has 0 saturated carbocycles. The van der Waals surface area contributed by atoms with E-state index in [1.54, 1.807) is 42.6 Å². The van der Waals surface area contributed by atoms with E-state index >= 15 is 0 Å². The van der Waals surface area contributed by atoms with E-state index in [4.69, 9.17) is 42.1 Å². The molecule has 1 aromatic heterocycles. The number of nitrogens with one attached hydrogen (secondary N) is 2. The van der Waals surface area contributed by atoms with Crippen LogP contribution in [0.3, 0.4) is 0 Å². The quantitative estimate of drug-likeness (QED) is 0.0320. The molecule has 1 heterocycles. The SMILES string of the molecule is C=C/C(=C\C)COc1cc(OCc2cccc(-c3cccc(COc4cc(OCc5cncc(C#N)c5)c(CN[C@](C)(CO)C(=O)O)cc4Cl)c3C)c2C)c(Cl)cc1CN[C@](C)(CO)C(=O)O. The first-order valence-electron chi connectivity index (χ1n) is 21.1. The standard InChI is InChI=1S/C51H54Cl2N4O10/c1-7-33(8-2)25-64-44-18-46(42(52)16-38(44)23-56-50(5,29-58)48(60)61)66-27-36-11-9-13-40(31(36)3)41-14-10-12-37(32(41)4)28-67-47-19-45(65-26-35-15-34(20-54)21-55-22-35)39(17-43(47)53)24-57-51(6,30-59)49(62)63/h7-19,21-22,56-59H,1,23-30H2,2-6H3,(H,60,61)(H,62,63)/b33-8+/t50-,51-/m1/s1. The van der Waals surface area contributed by atoms with Crippen molar-refractivity contribution in [2.45, 2.75) is 78.6 Å². The first kappa shape index (κ1) is 51.5. The summed E-state index contributed by atoms with van der Waals surface area (Å²) in [6, 6.07) is 22.2. The molecule has 2 atom stereocenters. The maximum absolute atomic E-state index is 11.9. The Morgan fingerprint density at radius 1 is 0.731 bits per heavy atom. The molecule has 16 heteroatoms. The number of carboxylic acids is 2. The number of nitrogens with zero attached hydrogens (tertiary/aromatic N) is 2. The van der Waals surface area contributed by atoms with Gasteiger partial charge in [0, 0.05) is 54.3 Å². The number of halogens is 2. The molecule has 5 rings (SSSR count). The Morgan fingerprint density at radius 2 is 1.21 bits per heavy atom. The number of aromatic nitrogens is 1. The summed E-state index contributed by atoms with van der Waals surface area (Å²) in [5, 5.41) is 54.6. The Morgan fingerprint density at radius 3 is 1.64 bits per heavy atom. The van der Waals surface area contributed by atoms with Gasteiger partial charge in [0.25, 0.3) is 0 Å². The smallest absolute Gasteiger partial charge is 0.326 e. The van der Waals surface area contributed by atoms with Crippen molar-refractivity contribution >= 4 is 35.1 Å². The molecule has 0 bridgehead atoms. The first-order valence-corrected chi connectivity index (χ1v) is 21.9. The minimum atomic E-state index is -1.63. The Kier molecular flexibility index (Phi) is 18.0. The molecule has 0 amide bonds. The molecule has 0 aliphatic rings. The molecule has 0 fully saturated rings. The highest BCUT2D eigenvalue weighted by Gasteiger charge is 2.33. The van der Waals surface area contributed by atoms with Gasteiger partial charge in [-0.1, -0.05) is 78.3 Å². The number of benzene rings is 4. The van der Waals surface area contributed by atoms with E-state index in [0.29, 0.717) is 45.3 Å². The van der Waals surface area contributed by atoms with Crippen LogP contribution in [0.2, 0.25) is 10.0 Å². The predicted octanol–water partition coefficient (Wildman–Crippen LogP) is 8.64. The fraction of sp³-hybridized carbons (Fsp3) is 0.294. The van der Waals surface area contributed by atoms with Gasteiger partial charge in [0.1, 0.15) is 66.6 Å². The normalized spacial score (nSPS) is 13.2. The maximum Gasteiger partial charge on any atom is 0.326 e. The minimum absolute atomic E-state index is 0.0120. The average Bonchev–Trinajstić information content (AvgIpc) is 3.32. The Hall–Kier alpha value is -6.44. The van der Waals surface area contributed by atoms with E-state index in [-0.39, 0.29) is 49.6 Å². The third-order valence-electron chi connectivity index (χ3n) is 11.4. The van der Waals surface area contributed by atoms with Gasteiger partial charge in [-0.3, -0.25) is 25.2 Å². The molecule has 0 radical (unpaired) electrons. The predicted molar refractivity (Wildman–Crippen MR) is 256 cm³/mol. The van der Waals surface area contributed by atoms with Gasteiger partial charge >= 0.3 is 11.9 Å². The summed E-state index contributed by atoms with van der Waals surface area (Å²) < 4.78 is 25.0. The zero-order chi connectivity index (χ0) is 48.9. The van der Waals surface area contributed by atoms with Crippen LogP contribution >= 0.6 is 23.2 Å². The van der Waals surface area contributed by atoms with Crippen LogP contribution in [0.5, 0.6) is 23.0 Å². The highest BCUT2D eigenvalue weighted by Crippen LogP contribution is 2.37. The molecule has 67 heavy (non-hydrogen) atoms. The summed E-state index contributed by atoms with van der Waals surface area (Å²) in [5.74, 6) is -1.01. The first-order chi connectivity index (χ1) is 32.0.